The van der Waals surface area contributed by atoms with Gasteiger partial charge in [-0.25, -0.2) is 9.97 Å². The van der Waals surface area contributed by atoms with E-state index in [0.717, 1.165) is 54.0 Å². The lowest BCUT2D eigenvalue weighted by Gasteiger charge is -2.33. The third-order valence-corrected chi connectivity index (χ3v) is 5.71. The van der Waals surface area contributed by atoms with Gasteiger partial charge in [0.1, 0.15) is 5.82 Å². The average molecular weight is 361 g/mol. The summed E-state index contributed by atoms with van der Waals surface area (Å²) < 4.78 is 2.09. The van der Waals surface area contributed by atoms with E-state index in [9.17, 15) is 0 Å². The van der Waals surface area contributed by atoms with Crippen molar-refractivity contribution in [1.82, 2.24) is 19.7 Å². The quantitative estimate of drug-likeness (QED) is 0.543. The fraction of sp³-hybridized carbons (Fsp3) is 0.250. The molecule has 5 rings (SSSR count). The van der Waals surface area contributed by atoms with E-state index in [1.54, 1.807) is 11.3 Å². The Balaban J connectivity index is 1.50. The molecule has 0 aliphatic carbocycles. The Morgan fingerprint density at radius 2 is 1.88 bits per heavy atom. The second-order valence-corrected chi connectivity index (χ2v) is 7.38. The van der Waals surface area contributed by atoms with Gasteiger partial charge in [0.05, 0.1) is 11.6 Å². The van der Waals surface area contributed by atoms with E-state index in [0.29, 0.717) is 6.04 Å². The molecule has 3 aromatic heterocycles. The largest absolute Gasteiger partial charge is 0.356 e. The smallest absolute Gasteiger partial charge is 0.162 e. The van der Waals surface area contributed by atoms with Crippen LogP contribution >= 0.6 is 11.3 Å². The van der Waals surface area contributed by atoms with Crippen LogP contribution in [0.25, 0.3) is 22.3 Å². The number of nitrogens with zero attached hydrogens (tertiary/aromatic N) is 5. The van der Waals surface area contributed by atoms with Crippen molar-refractivity contribution in [3.8, 4) is 11.4 Å². The molecule has 1 saturated heterocycles. The van der Waals surface area contributed by atoms with Crippen LogP contribution in [0.2, 0.25) is 0 Å². The van der Waals surface area contributed by atoms with Gasteiger partial charge in [0.25, 0.3) is 0 Å². The summed E-state index contributed by atoms with van der Waals surface area (Å²) in [6.45, 7) is 1.96. The van der Waals surface area contributed by atoms with E-state index < -0.39 is 0 Å². The molecule has 26 heavy (non-hydrogen) atoms. The van der Waals surface area contributed by atoms with Crippen molar-refractivity contribution >= 4 is 28.1 Å². The van der Waals surface area contributed by atoms with Crippen LogP contribution in [0.1, 0.15) is 18.9 Å². The van der Waals surface area contributed by atoms with Crippen molar-refractivity contribution in [3.05, 3.63) is 59.6 Å². The first-order valence-electron chi connectivity index (χ1n) is 8.92. The molecule has 4 aromatic rings. The molecule has 0 radical (unpaired) electrons. The zero-order chi connectivity index (χ0) is 17.3. The zero-order valence-corrected chi connectivity index (χ0v) is 15.1. The highest BCUT2D eigenvalue weighted by molar-refractivity contribution is 7.08. The SMILES string of the molecule is c1ccc2c(N3CCC(n4cccn4)CC3)nc(-c3ccsc3)nc2c1. The molecule has 0 amide bonds. The van der Waals surface area contributed by atoms with Gasteiger partial charge >= 0.3 is 0 Å². The number of benzene rings is 1. The van der Waals surface area contributed by atoms with Gasteiger partial charge in [0, 0.05) is 41.8 Å². The van der Waals surface area contributed by atoms with Gasteiger partial charge in [-0.3, -0.25) is 4.68 Å². The number of piperidine rings is 1. The standard InChI is InChI=1S/C20H19N5S/c1-2-5-18-17(4-1)20(23-19(22-18)15-8-13-26-14-15)24-11-6-16(7-12-24)25-10-3-9-21-25/h1-5,8-10,13-14,16H,6-7,11-12H2. The summed E-state index contributed by atoms with van der Waals surface area (Å²) in [5.74, 6) is 1.87. The number of thiophene rings is 1. The summed E-state index contributed by atoms with van der Waals surface area (Å²) in [4.78, 5) is 12.1. The third-order valence-electron chi connectivity index (χ3n) is 5.03. The van der Waals surface area contributed by atoms with E-state index >= 15 is 0 Å². The Morgan fingerprint density at radius 1 is 1.00 bits per heavy atom. The molecule has 1 aliphatic heterocycles. The number of fused-ring (bicyclic) bond motifs is 1. The highest BCUT2D eigenvalue weighted by Gasteiger charge is 2.23. The van der Waals surface area contributed by atoms with Gasteiger partial charge in [0.2, 0.25) is 0 Å². The number of aromatic nitrogens is 4. The van der Waals surface area contributed by atoms with Crippen LogP contribution in [0.3, 0.4) is 0 Å². The maximum atomic E-state index is 4.95. The molecule has 5 nitrogen and oxygen atoms in total. The predicted octanol–water partition coefficient (Wildman–Crippen LogP) is 4.40. The molecule has 4 heterocycles. The number of para-hydroxylation sites is 1. The Hall–Kier alpha value is -2.73. The predicted molar refractivity (Wildman–Crippen MR) is 106 cm³/mol. The minimum Gasteiger partial charge on any atom is -0.356 e. The molecule has 0 spiro atoms. The first-order valence-corrected chi connectivity index (χ1v) is 9.86. The van der Waals surface area contributed by atoms with Crippen molar-refractivity contribution in [2.45, 2.75) is 18.9 Å². The molecule has 6 heteroatoms. The summed E-state index contributed by atoms with van der Waals surface area (Å²) in [7, 11) is 0. The number of rotatable bonds is 3. The van der Waals surface area contributed by atoms with Gasteiger partial charge in [-0.2, -0.15) is 16.4 Å². The number of hydrogen-bond acceptors (Lipinski definition) is 5. The Labute approximate surface area is 155 Å². The van der Waals surface area contributed by atoms with Crippen LogP contribution in [-0.4, -0.2) is 32.8 Å². The van der Waals surface area contributed by atoms with Crippen LogP contribution in [0.5, 0.6) is 0 Å². The van der Waals surface area contributed by atoms with Gasteiger partial charge < -0.3 is 4.90 Å². The van der Waals surface area contributed by atoms with Crippen LogP contribution in [0, 0.1) is 0 Å². The van der Waals surface area contributed by atoms with E-state index in [1.807, 2.05) is 18.3 Å². The van der Waals surface area contributed by atoms with Crippen molar-refractivity contribution < 1.29 is 0 Å². The maximum Gasteiger partial charge on any atom is 0.162 e. The average Bonchev–Trinajstić information content (AvgIpc) is 3.41. The summed E-state index contributed by atoms with van der Waals surface area (Å²) >= 11 is 1.68. The van der Waals surface area contributed by atoms with Crippen LogP contribution in [0.4, 0.5) is 5.82 Å². The summed E-state index contributed by atoms with van der Waals surface area (Å²) in [6.07, 6.45) is 6.08. The summed E-state index contributed by atoms with van der Waals surface area (Å²) in [5, 5.41) is 9.72. The Morgan fingerprint density at radius 3 is 2.65 bits per heavy atom. The molecule has 0 saturated carbocycles. The van der Waals surface area contributed by atoms with Crippen LogP contribution in [-0.2, 0) is 0 Å². The molecule has 130 valence electrons. The minimum atomic E-state index is 0.477. The summed E-state index contributed by atoms with van der Waals surface area (Å²) in [5.41, 5.74) is 2.10. The number of hydrogen-bond donors (Lipinski definition) is 0. The van der Waals surface area contributed by atoms with E-state index in [1.165, 1.54) is 0 Å². The molecular formula is C20H19N5S. The molecule has 0 atom stereocenters. The maximum absolute atomic E-state index is 4.95. The van der Waals surface area contributed by atoms with Gasteiger partial charge in [-0.1, -0.05) is 12.1 Å². The molecule has 1 aromatic carbocycles. The monoisotopic (exact) mass is 361 g/mol. The lowest BCUT2D eigenvalue weighted by molar-refractivity contribution is 0.366. The normalized spacial score (nSPS) is 15.6. The molecule has 1 fully saturated rings. The highest BCUT2D eigenvalue weighted by atomic mass is 32.1. The van der Waals surface area contributed by atoms with Crippen LogP contribution in [0.15, 0.2) is 59.6 Å². The third kappa shape index (κ3) is 2.76. The van der Waals surface area contributed by atoms with E-state index in [4.69, 9.17) is 9.97 Å². The van der Waals surface area contributed by atoms with Gasteiger partial charge in [0.15, 0.2) is 5.82 Å². The number of anilines is 1. The van der Waals surface area contributed by atoms with Crippen LogP contribution < -0.4 is 4.90 Å². The Kier molecular flexibility index (Phi) is 3.90. The zero-order valence-electron chi connectivity index (χ0n) is 14.3. The molecule has 0 N–H and O–H groups in total. The lowest BCUT2D eigenvalue weighted by atomic mass is 10.0. The minimum absolute atomic E-state index is 0.477. The molecule has 1 aliphatic rings. The van der Waals surface area contributed by atoms with E-state index in [2.05, 4.69) is 55.9 Å². The lowest BCUT2D eigenvalue weighted by Crippen LogP contribution is -2.35. The highest BCUT2D eigenvalue weighted by Crippen LogP contribution is 2.31. The van der Waals surface area contributed by atoms with E-state index in [-0.39, 0.29) is 0 Å². The molecular weight excluding hydrogens is 342 g/mol. The Bertz CT molecular complexity index is 1000. The first kappa shape index (κ1) is 15.5. The van der Waals surface area contributed by atoms with Crippen molar-refractivity contribution in [2.24, 2.45) is 0 Å². The van der Waals surface area contributed by atoms with Gasteiger partial charge in [-0.05, 0) is 42.5 Å². The van der Waals surface area contributed by atoms with Gasteiger partial charge in [-0.15, -0.1) is 0 Å². The second-order valence-electron chi connectivity index (χ2n) is 6.60. The fourth-order valence-electron chi connectivity index (χ4n) is 3.66. The molecule has 0 unspecified atom stereocenters. The van der Waals surface area contributed by atoms with Crippen molar-refractivity contribution in [3.63, 3.8) is 0 Å². The summed E-state index contributed by atoms with van der Waals surface area (Å²) in [6, 6.07) is 12.9. The van der Waals surface area contributed by atoms with Crippen molar-refractivity contribution in [1.29, 1.82) is 0 Å². The fourth-order valence-corrected chi connectivity index (χ4v) is 4.29. The second kappa shape index (κ2) is 6.53. The molecule has 0 bridgehead atoms. The van der Waals surface area contributed by atoms with Crippen molar-refractivity contribution in [2.75, 3.05) is 18.0 Å². The topological polar surface area (TPSA) is 46.8 Å². The first-order chi connectivity index (χ1) is 12.9.